The monoisotopic (exact) mass is 389 g/mol. The smallest absolute Gasteiger partial charge is 0.0713 e. The van der Waals surface area contributed by atoms with Gasteiger partial charge in [-0.2, -0.15) is 0 Å². The van der Waals surface area contributed by atoms with Crippen LogP contribution in [0.3, 0.4) is 0 Å². The predicted octanol–water partition coefficient (Wildman–Crippen LogP) is 7.15. The maximum Gasteiger partial charge on any atom is 0.0713 e. The molecule has 0 heterocycles. The molecule has 0 fully saturated rings. The van der Waals surface area contributed by atoms with Gasteiger partial charge in [0, 0.05) is 5.69 Å². The summed E-state index contributed by atoms with van der Waals surface area (Å²) in [7, 11) is 0. The average Bonchev–Trinajstić information content (AvgIpc) is 3.11. The van der Waals surface area contributed by atoms with Crippen molar-refractivity contribution in [3.05, 3.63) is 125 Å². The summed E-state index contributed by atoms with van der Waals surface area (Å²) in [6, 6.07) is 35.4. The molecule has 0 amide bonds. The first-order chi connectivity index (χ1) is 14.7. The molecule has 0 aromatic heterocycles. The summed E-state index contributed by atoms with van der Waals surface area (Å²) in [5, 5.41) is 0. The number of hydrogen-bond donors (Lipinski definition) is 1. The lowest BCUT2D eigenvalue weighted by molar-refractivity contribution is 0.727. The van der Waals surface area contributed by atoms with Crippen molar-refractivity contribution in [2.75, 3.05) is 5.73 Å². The van der Waals surface area contributed by atoms with Crippen LogP contribution in [0.25, 0.3) is 11.1 Å². The first-order valence-corrected chi connectivity index (χ1v) is 10.8. The number of benzene rings is 4. The summed E-state index contributed by atoms with van der Waals surface area (Å²) < 4.78 is 0. The Morgan fingerprint density at radius 2 is 1.13 bits per heavy atom. The molecule has 1 heteroatoms. The van der Waals surface area contributed by atoms with E-state index in [0.29, 0.717) is 5.92 Å². The minimum absolute atomic E-state index is 0.338. The average molecular weight is 390 g/mol. The molecule has 30 heavy (non-hydrogen) atoms. The summed E-state index contributed by atoms with van der Waals surface area (Å²) in [5.74, 6) is 0.565. The molecule has 0 bridgehead atoms. The van der Waals surface area contributed by atoms with Gasteiger partial charge < -0.3 is 5.73 Å². The van der Waals surface area contributed by atoms with E-state index in [0.717, 1.165) is 12.1 Å². The molecule has 1 aliphatic carbocycles. The van der Waals surface area contributed by atoms with Crippen LogP contribution in [-0.4, -0.2) is 0 Å². The summed E-state index contributed by atoms with van der Waals surface area (Å²) in [4.78, 5) is 0. The van der Waals surface area contributed by atoms with E-state index >= 15 is 0 Å². The quantitative estimate of drug-likeness (QED) is 0.325. The Morgan fingerprint density at radius 3 is 1.63 bits per heavy atom. The van der Waals surface area contributed by atoms with Crippen molar-refractivity contribution in [3.8, 4) is 11.1 Å². The summed E-state index contributed by atoms with van der Waals surface area (Å²) in [5.41, 5.74) is 15.8. The Morgan fingerprint density at radius 1 is 0.667 bits per heavy atom. The zero-order valence-corrected chi connectivity index (χ0v) is 17.6. The molecule has 4 aromatic rings. The van der Waals surface area contributed by atoms with Gasteiger partial charge >= 0.3 is 0 Å². The second-order valence-corrected chi connectivity index (χ2v) is 8.39. The van der Waals surface area contributed by atoms with Gasteiger partial charge in [-0.1, -0.05) is 98.8 Å². The standard InChI is InChI=1S/C29H27N/c1-3-20(2)21-12-14-22(15-13-21)29(23-16-18-24(30)19-17-23)27-10-6-4-8-25(27)26-9-5-7-11-28(26)29/h4-20H,3,30H2,1-2H3. The van der Waals surface area contributed by atoms with E-state index in [9.17, 15) is 0 Å². The molecule has 148 valence electrons. The van der Waals surface area contributed by atoms with Crippen LogP contribution >= 0.6 is 0 Å². The minimum Gasteiger partial charge on any atom is -0.399 e. The van der Waals surface area contributed by atoms with Crippen molar-refractivity contribution in [2.24, 2.45) is 0 Å². The highest BCUT2D eigenvalue weighted by atomic mass is 14.5. The van der Waals surface area contributed by atoms with Gasteiger partial charge in [0.05, 0.1) is 5.41 Å². The fourth-order valence-electron chi connectivity index (χ4n) is 5.05. The maximum atomic E-state index is 6.06. The molecule has 0 radical (unpaired) electrons. The van der Waals surface area contributed by atoms with Crippen LogP contribution in [0.15, 0.2) is 97.1 Å². The third-order valence-electron chi connectivity index (χ3n) is 6.82. The van der Waals surface area contributed by atoms with Crippen LogP contribution in [0.4, 0.5) is 5.69 Å². The zero-order chi connectivity index (χ0) is 20.7. The Bertz CT molecular complexity index is 1140. The van der Waals surface area contributed by atoms with Crippen molar-refractivity contribution in [2.45, 2.75) is 31.6 Å². The van der Waals surface area contributed by atoms with Gasteiger partial charge in [-0.3, -0.25) is 0 Å². The number of anilines is 1. The first-order valence-electron chi connectivity index (χ1n) is 10.8. The normalized spacial score (nSPS) is 14.7. The van der Waals surface area contributed by atoms with Gasteiger partial charge in [0.1, 0.15) is 0 Å². The van der Waals surface area contributed by atoms with Crippen molar-refractivity contribution in [3.63, 3.8) is 0 Å². The number of hydrogen-bond acceptors (Lipinski definition) is 1. The number of nitrogens with two attached hydrogens (primary N) is 1. The lowest BCUT2D eigenvalue weighted by Gasteiger charge is -2.34. The number of fused-ring (bicyclic) bond motifs is 3. The van der Waals surface area contributed by atoms with Crippen LogP contribution in [0.5, 0.6) is 0 Å². The van der Waals surface area contributed by atoms with Crippen molar-refractivity contribution in [1.82, 2.24) is 0 Å². The van der Waals surface area contributed by atoms with Crippen molar-refractivity contribution < 1.29 is 0 Å². The van der Waals surface area contributed by atoms with Gasteiger partial charge in [-0.25, -0.2) is 0 Å². The third-order valence-corrected chi connectivity index (χ3v) is 6.82. The molecule has 2 N–H and O–H groups in total. The van der Waals surface area contributed by atoms with Crippen LogP contribution in [0, 0.1) is 0 Å². The Labute approximate surface area is 179 Å². The van der Waals surface area contributed by atoms with Crippen LogP contribution in [0.2, 0.25) is 0 Å². The van der Waals surface area contributed by atoms with Gasteiger partial charge in [0.15, 0.2) is 0 Å². The van der Waals surface area contributed by atoms with Gasteiger partial charge in [0.2, 0.25) is 0 Å². The van der Waals surface area contributed by atoms with Crippen LogP contribution < -0.4 is 5.73 Å². The minimum atomic E-state index is -0.338. The second-order valence-electron chi connectivity index (χ2n) is 8.39. The van der Waals surface area contributed by atoms with E-state index < -0.39 is 0 Å². The second kappa shape index (κ2) is 7.18. The Kier molecular flexibility index (Phi) is 4.47. The third kappa shape index (κ3) is 2.62. The van der Waals surface area contributed by atoms with E-state index in [4.69, 9.17) is 5.73 Å². The molecule has 1 aliphatic rings. The molecule has 1 nitrogen and oxygen atoms in total. The number of nitrogen functional groups attached to an aromatic ring is 1. The van der Waals surface area contributed by atoms with Crippen LogP contribution in [-0.2, 0) is 5.41 Å². The molecule has 0 aliphatic heterocycles. The summed E-state index contributed by atoms with van der Waals surface area (Å²) in [6.07, 6.45) is 1.15. The maximum absolute atomic E-state index is 6.06. The Hall–Kier alpha value is -3.32. The van der Waals surface area contributed by atoms with E-state index in [2.05, 4.69) is 98.8 Å². The van der Waals surface area contributed by atoms with E-state index in [1.165, 1.54) is 38.9 Å². The van der Waals surface area contributed by atoms with Gasteiger partial charge in [0.25, 0.3) is 0 Å². The first kappa shape index (κ1) is 18.7. The molecular weight excluding hydrogens is 362 g/mol. The fourth-order valence-corrected chi connectivity index (χ4v) is 5.05. The summed E-state index contributed by atoms with van der Waals surface area (Å²) in [6.45, 7) is 4.54. The van der Waals surface area contributed by atoms with Crippen molar-refractivity contribution in [1.29, 1.82) is 0 Å². The lowest BCUT2D eigenvalue weighted by Crippen LogP contribution is -2.28. The Balaban J connectivity index is 1.85. The zero-order valence-electron chi connectivity index (χ0n) is 17.6. The highest BCUT2D eigenvalue weighted by Gasteiger charge is 2.45. The molecule has 1 unspecified atom stereocenters. The molecule has 1 atom stereocenters. The van der Waals surface area contributed by atoms with Crippen molar-refractivity contribution >= 4 is 5.69 Å². The molecule has 0 saturated heterocycles. The molecular formula is C29H27N. The van der Waals surface area contributed by atoms with E-state index in [1.54, 1.807) is 0 Å². The van der Waals surface area contributed by atoms with Gasteiger partial charge in [-0.05, 0) is 63.4 Å². The SMILES string of the molecule is CCC(C)c1ccc(C2(c3ccc(N)cc3)c3ccccc3-c3ccccc32)cc1. The predicted molar refractivity (Wildman–Crippen MR) is 127 cm³/mol. The van der Waals surface area contributed by atoms with Gasteiger partial charge in [-0.15, -0.1) is 0 Å². The topological polar surface area (TPSA) is 26.0 Å². The highest BCUT2D eigenvalue weighted by Crippen LogP contribution is 2.56. The molecule has 5 rings (SSSR count). The van der Waals surface area contributed by atoms with Crippen LogP contribution in [0.1, 0.15) is 54.0 Å². The largest absolute Gasteiger partial charge is 0.399 e. The molecule has 0 spiro atoms. The number of rotatable bonds is 4. The highest BCUT2D eigenvalue weighted by molar-refractivity contribution is 5.86. The van der Waals surface area contributed by atoms with E-state index in [-0.39, 0.29) is 5.41 Å². The molecule has 4 aromatic carbocycles. The summed E-state index contributed by atoms with van der Waals surface area (Å²) >= 11 is 0. The van der Waals surface area contributed by atoms with E-state index in [1.807, 2.05) is 12.1 Å². The lowest BCUT2D eigenvalue weighted by atomic mass is 9.67. The fraction of sp³-hybridized carbons (Fsp3) is 0.172. The molecule has 0 saturated carbocycles.